The van der Waals surface area contributed by atoms with Gasteiger partial charge in [-0.05, 0) is 55.7 Å². The van der Waals surface area contributed by atoms with Crippen LogP contribution in [-0.2, 0) is 4.79 Å². The van der Waals surface area contributed by atoms with Crippen molar-refractivity contribution < 1.29 is 14.0 Å². The minimum Gasteiger partial charge on any atom is -0.346 e. The molecule has 0 atom stereocenters. The van der Waals surface area contributed by atoms with Crippen molar-refractivity contribution in [2.24, 2.45) is 5.92 Å². The molecule has 0 bridgehead atoms. The number of benzene rings is 1. The monoisotopic (exact) mass is 451 g/mol. The molecule has 0 radical (unpaired) electrons. The van der Waals surface area contributed by atoms with Crippen molar-refractivity contribution >= 4 is 11.8 Å². The molecule has 174 valence electrons. The predicted molar refractivity (Wildman–Crippen MR) is 124 cm³/mol. The third kappa shape index (κ3) is 4.84. The molecule has 0 saturated carbocycles. The Kier molecular flexibility index (Phi) is 6.91. The van der Waals surface area contributed by atoms with Gasteiger partial charge in [-0.3, -0.25) is 9.59 Å². The number of amides is 2. The average Bonchev–Trinajstić information content (AvgIpc) is 3.52. The van der Waals surface area contributed by atoms with Crippen LogP contribution >= 0.6 is 0 Å². The molecule has 3 heterocycles. The highest BCUT2D eigenvalue weighted by atomic mass is 19.1. The first kappa shape index (κ1) is 22.8. The number of hydrogen-bond acceptors (Lipinski definition) is 3. The highest BCUT2D eigenvalue weighted by Gasteiger charge is 2.31. The van der Waals surface area contributed by atoms with Crippen LogP contribution in [0.4, 0.5) is 4.39 Å². The number of unbranched alkanes of at least 4 members (excludes halogenated alkanes) is 1. The van der Waals surface area contributed by atoms with E-state index in [2.05, 4.69) is 12.0 Å². The number of likely N-dealkylation sites (tertiary alicyclic amines) is 1. The largest absolute Gasteiger partial charge is 0.346 e. The van der Waals surface area contributed by atoms with Crippen molar-refractivity contribution in [3.8, 4) is 11.5 Å². The molecule has 1 fully saturated rings. The summed E-state index contributed by atoms with van der Waals surface area (Å²) in [4.78, 5) is 29.8. The molecule has 8 heteroatoms. The van der Waals surface area contributed by atoms with Crippen LogP contribution in [0.25, 0.3) is 11.5 Å². The van der Waals surface area contributed by atoms with E-state index in [0.29, 0.717) is 43.0 Å². The third-order valence-corrected chi connectivity index (χ3v) is 6.25. The van der Waals surface area contributed by atoms with Crippen LogP contribution in [0.2, 0.25) is 0 Å². The van der Waals surface area contributed by atoms with Gasteiger partial charge >= 0.3 is 0 Å². The number of aromatic nitrogens is 3. The van der Waals surface area contributed by atoms with Gasteiger partial charge in [-0.15, -0.1) is 0 Å². The molecule has 1 aliphatic rings. The zero-order chi connectivity index (χ0) is 23.4. The number of piperidine rings is 1. The molecule has 1 saturated heterocycles. The Morgan fingerprint density at radius 2 is 1.79 bits per heavy atom. The van der Waals surface area contributed by atoms with Gasteiger partial charge in [0.2, 0.25) is 5.91 Å². The molecule has 0 N–H and O–H groups in total. The van der Waals surface area contributed by atoms with Crippen molar-refractivity contribution in [2.75, 3.05) is 26.7 Å². The van der Waals surface area contributed by atoms with Gasteiger partial charge in [-0.2, -0.15) is 5.10 Å². The summed E-state index contributed by atoms with van der Waals surface area (Å²) in [6.07, 6.45) is 8.64. The van der Waals surface area contributed by atoms with E-state index >= 15 is 0 Å². The summed E-state index contributed by atoms with van der Waals surface area (Å²) < 4.78 is 16.9. The molecule has 0 spiro atoms. The Morgan fingerprint density at radius 1 is 1.12 bits per heavy atom. The van der Waals surface area contributed by atoms with E-state index in [4.69, 9.17) is 0 Å². The minimum atomic E-state index is -0.331. The van der Waals surface area contributed by atoms with Gasteiger partial charge < -0.3 is 14.4 Å². The Balaban J connectivity index is 1.52. The number of hydrogen-bond donors (Lipinski definition) is 0. The van der Waals surface area contributed by atoms with Crippen LogP contribution in [-0.4, -0.2) is 62.6 Å². The average molecular weight is 452 g/mol. The van der Waals surface area contributed by atoms with E-state index < -0.39 is 0 Å². The first-order valence-corrected chi connectivity index (χ1v) is 11.5. The molecule has 1 aliphatic heterocycles. The van der Waals surface area contributed by atoms with E-state index in [1.807, 2.05) is 41.0 Å². The Labute approximate surface area is 193 Å². The lowest BCUT2D eigenvalue weighted by Crippen LogP contribution is -2.43. The maximum atomic E-state index is 13.5. The number of carbonyl (C=O) groups excluding carboxylic acids is 2. The smallest absolute Gasteiger partial charge is 0.259 e. The molecule has 1 aromatic carbocycles. The summed E-state index contributed by atoms with van der Waals surface area (Å²) in [5.74, 6) is 0.295. The van der Waals surface area contributed by atoms with Crippen LogP contribution in [0.3, 0.4) is 0 Å². The normalized spacial score (nSPS) is 14.5. The van der Waals surface area contributed by atoms with E-state index in [1.165, 1.54) is 12.1 Å². The number of nitrogens with zero attached hydrogens (tertiary/aromatic N) is 5. The molecule has 0 aliphatic carbocycles. The first-order chi connectivity index (χ1) is 16.0. The maximum Gasteiger partial charge on any atom is 0.259 e. The van der Waals surface area contributed by atoms with E-state index in [1.54, 1.807) is 27.9 Å². The molecule has 0 unspecified atom stereocenters. The van der Waals surface area contributed by atoms with Crippen molar-refractivity contribution in [2.45, 2.75) is 32.6 Å². The van der Waals surface area contributed by atoms with Crippen LogP contribution in [0.5, 0.6) is 0 Å². The van der Waals surface area contributed by atoms with Crippen LogP contribution in [0, 0.1) is 11.7 Å². The standard InChI is InChI=1S/C25H30FN5O2/c1-3-4-13-28(2)24(32)19-11-16-30(17-12-19)25(33)22-18-27-31(21-9-7-20(26)8-10-21)23(22)29-14-5-6-15-29/h5-10,14-15,18-19H,3-4,11-13,16-17H2,1-2H3. The van der Waals surface area contributed by atoms with Gasteiger partial charge in [0.05, 0.1) is 11.9 Å². The summed E-state index contributed by atoms with van der Waals surface area (Å²) in [6.45, 7) is 3.95. The summed E-state index contributed by atoms with van der Waals surface area (Å²) >= 11 is 0. The fourth-order valence-electron chi connectivity index (χ4n) is 4.31. The van der Waals surface area contributed by atoms with E-state index in [0.717, 1.165) is 19.4 Å². The maximum absolute atomic E-state index is 13.5. The molecule has 7 nitrogen and oxygen atoms in total. The lowest BCUT2D eigenvalue weighted by Gasteiger charge is -2.33. The Morgan fingerprint density at radius 3 is 2.42 bits per heavy atom. The Hall–Kier alpha value is -3.42. The summed E-state index contributed by atoms with van der Waals surface area (Å²) in [6, 6.07) is 9.77. The molecular formula is C25H30FN5O2. The Bertz CT molecular complexity index is 1080. The molecule has 3 aromatic rings. The van der Waals surface area contributed by atoms with Crippen LogP contribution in [0.15, 0.2) is 55.0 Å². The van der Waals surface area contributed by atoms with E-state index in [-0.39, 0.29) is 23.5 Å². The van der Waals surface area contributed by atoms with Gasteiger partial charge in [0.25, 0.3) is 5.91 Å². The highest BCUT2D eigenvalue weighted by molar-refractivity contribution is 5.97. The van der Waals surface area contributed by atoms with Crippen molar-refractivity contribution in [3.05, 3.63) is 66.4 Å². The molecular weight excluding hydrogens is 421 g/mol. The van der Waals surface area contributed by atoms with Gasteiger partial charge in [-0.25, -0.2) is 9.07 Å². The number of halogens is 1. The lowest BCUT2D eigenvalue weighted by molar-refractivity contribution is -0.135. The molecule has 2 amide bonds. The fourth-order valence-corrected chi connectivity index (χ4v) is 4.31. The SMILES string of the molecule is CCCCN(C)C(=O)C1CCN(C(=O)c2cnn(-c3ccc(F)cc3)c2-n2cccc2)CC1. The van der Waals surface area contributed by atoms with Gasteiger partial charge in [-0.1, -0.05) is 13.3 Å². The minimum absolute atomic E-state index is 0.0400. The fraction of sp³-hybridized carbons (Fsp3) is 0.400. The zero-order valence-corrected chi connectivity index (χ0v) is 19.2. The van der Waals surface area contributed by atoms with Gasteiger partial charge in [0.1, 0.15) is 11.4 Å². The van der Waals surface area contributed by atoms with Crippen molar-refractivity contribution in [1.29, 1.82) is 0 Å². The summed E-state index contributed by atoms with van der Waals surface area (Å²) in [5, 5.41) is 4.45. The zero-order valence-electron chi connectivity index (χ0n) is 19.2. The molecule has 2 aromatic heterocycles. The van der Waals surface area contributed by atoms with E-state index in [9.17, 15) is 14.0 Å². The second kappa shape index (κ2) is 10.0. The number of carbonyl (C=O) groups is 2. The predicted octanol–water partition coefficient (Wildman–Crippen LogP) is 3.91. The van der Waals surface area contributed by atoms with Crippen LogP contribution < -0.4 is 0 Å². The lowest BCUT2D eigenvalue weighted by atomic mass is 9.95. The topological polar surface area (TPSA) is 63.4 Å². The first-order valence-electron chi connectivity index (χ1n) is 11.5. The summed E-state index contributed by atoms with van der Waals surface area (Å²) in [5.41, 5.74) is 1.14. The second-order valence-corrected chi connectivity index (χ2v) is 8.54. The van der Waals surface area contributed by atoms with Crippen molar-refractivity contribution in [1.82, 2.24) is 24.1 Å². The quantitative estimate of drug-likeness (QED) is 0.547. The molecule has 33 heavy (non-hydrogen) atoms. The third-order valence-electron chi connectivity index (χ3n) is 6.25. The van der Waals surface area contributed by atoms with Crippen LogP contribution in [0.1, 0.15) is 43.0 Å². The number of rotatable bonds is 7. The molecule has 4 rings (SSSR count). The summed E-state index contributed by atoms with van der Waals surface area (Å²) in [7, 11) is 1.86. The van der Waals surface area contributed by atoms with Gasteiger partial charge in [0.15, 0.2) is 5.82 Å². The highest BCUT2D eigenvalue weighted by Crippen LogP contribution is 2.25. The van der Waals surface area contributed by atoms with Crippen molar-refractivity contribution in [3.63, 3.8) is 0 Å². The second-order valence-electron chi connectivity index (χ2n) is 8.54. The van der Waals surface area contributed by atoms with Gasteiger partial charge in [0, 0.05) is 45.0 Å².